The average molecular weight is 221 g/mol. The number of anilines is 1. The fourth-order valence-corrected chi connectivity index (χ4v) is 1.97. The summed E-state index contributed by atoms with van der Waals surface area (Å²) in [6.45, 7) is 5.74. The highest BCUT2D eigenvalue weighted by Gasteiger charge is 2.19. The molecular weight excluding hydrogens is 202 g/mol. The minimum Gasteiger partial charge on any atom is -0.397 e. The first kappa shape index (κ1) is 11.4. The Balaban J connectivity index is 1.97. The molecule has 0 amide bonds. The first-order chi connectivity index (χ1) is 7.79. The molecule has 1 aromatic rings. The smallest absolute Gasteiger partial charge is 0.0772 e. The molecule has 1 aliphatic rings. The molecule has 0 aromatic carbocycles. The Labute approximate surface area is 96.4 Å². The van der Waals surface area contributed by atoms with Gasteiger partial charge >= 0.3 is 0 Å². The highest BCUT2D eigenvalue weighted by molar-refractivity contribution is 5.41. The van der Waals surface area contributed by atoms with E-state index in [1.807, 2.05) is 12.1 Å². The standard InChI is InChI=1S/C12H19N3O/c1-2-10-8-15(6-7-16-10)9-12-11(13)4-3-5-14-12/h3-5,10H,2,6-9,13H2,1H3. The van der Waals surface area contributed by atoms with Crippen LogP contribution in [0.4, 0.5) is 5.69 Å². The van der Waals surface area contributed by atoms with Crippen molar-refractivity contribution in [3.63, 3.8) is 0 Å². The van der Waals surface area contributed by atoms with Crippen molar-refractivity contribution in [2.45, 2.75) is 26.0 Å². The van der Waals surface area contributed by atoms with Gasteiger partial charge in [0.15, 0.2) is 0 Å². The van der Waals surface area contributed by atoms with E-state index in [1.54, 1.807) is 6.20 Å². The maximum Gasteiger partial charge on any atom is 0.0772 e. The molecule has 2 heterocycles. The molecule has 1 aromatic heterocycles. The van der Waals surface area contributed by atoms with E-state index in [0.29, 0.717) is 6.10 Å². The molecule has 1 fully saturated rings. The molecular formula is C12H19N3O. The number of morpholine rings is 1. The molecule has 88 valence electrons. The molecule has 2 N–H and O–H groups in total. The Morgan fingerprint density at radius 1 is 1.62 bits per heavy atom. The van der Waals surface area contributed by atoms with E-state index in [2.05, 4.69) is 16.8 Å². The Hall–Kier alpha value is -1.13. The Morgan fingerprint density at radius 2 is 2.50 bits per heavy atom. The zero-order valence-corrected chi connectivity index (χ0v) is 9.72. The van der Waals surface area contributed by atoms with Crippen LogP contribution < -0.4 is 5.73 Å². The molecule has 1 atom stereocenters. The molecule has 4 heteroatoms. The third-order valence-corrected chi connectivity index (χ3v) is 2.98. The van der Waals surface area contributed by atoms with Crippen LogP contribution in [-0.4, -0.2) is 35.7 Å². The summed E-state index contributed by atoms with van der Waals surface area (Å²) in [6, 6.07) is 3.77. The molecule has 0 bridgehead atoms. The van der Waals surface area contributed by atoms with Gasteiger partial charge in [0.25, 0.3) is 0 Å². The lowest BCUT2D eigenvalue weighted by Crippen LogP contribution is -2.41. The molecule has 0 aliphatic carbocycles. The van der Waals surface area contributed by atoms with Gasteiger partial charge in [-0.15, -0.1) is 0 Å². The molecule has 2 rings (SSSR count). The summed E-state index contributed by atoms with van der Waals surface area (Å²) < 4.78 is 5.63. The summed E-state index contributed by atoms with van der Waals surface area (Å²) in [5.41, 5.74) is 7.64. The molecule has 0 saturated carbocycles. The van der Waals surface area contributed by atoms with E-state index in [-0.39, 0.29) is 0 Å². The van der Waals surface area contributed by atoms with Crippen molar-refractivity contribution >= 4 is 5.69 Å². The van der Waals surface area contributed by atoms with Crippen molar-refractivity contribution < 1.29 is 4.74 Å². The van der Waals surface area contributed by atoms with Gasteiger partial charge in [-0.05, 0) is 18.6 Å². The van der Waals surface area contributed by atoms with E-state index >= 15 is 0 Å². The van der Waals surface area contributed by atoms with Crippen LogP contribution in [0.25, 0.3) is 0 Å². The average Bonchev–Trinajstić information content (AvgIpc) is 2.32. The van der Waals surface area contributed by atoms with Gasteiger partial charge in [0, 0.05) is 25.8 Å². The van der Waals surface area contributed by atoms with E-state index in [0.717, 1.165) is 44.0 Å². The van der Waals surface area contributed by atoms with Crippen LogP contribution in [0.1, 0.15) is 19.0 Å². The normalized spacial score (nSPS) is 22.2. The highest BCUT2D eigenvalue weighted by atomic mass is 16.5. The summed E-state index contributed by atoms with van der Waals surface area (Å²) in [5, 5.41) is 0. The summed E-state index contributed by atoms with van der Waals surface area (Å²) in [7, 11) is 0. The third kappa shape index (κ3) is 2.71. The van der Waals surface area contributed by atoms with E-state index in [4.69, 9.17) is 10.5 Å². The van der Waals surface area contributed by atoms with Crippen LogP contribution in [0.5, 0.6) is 0 Å². The van der Waals surface area contributed by atoms with E-state index in [9.17, 15) is 0 Å². The second kappa shape index (κ2) is 5.27. The van der Waals surface area contributed by atoms with Gasteiger partial charge < -0.3 is 10.5 Å². The molecule has 0 radical (unpaired) electrons. The zero-order chi connectivity index (χ0) is 11.4. The van der Waals surface area contributed by atoms with Crippen LogP contribution in [0, 0.1) is 0 Å². The van der Waals surface area contributed by atoms with E-state index < -0.39 is 0 Å². The number of nitrogens with two attached hydrogens (primary N) is 1. The predicted octanol–water partition coefficient (Wildman–Crippen LogP) is 1.27. The van der Waals surface area contributed by atoms with Crippen molar-refractivity contribution in [1.29, 1.82) is 0 Å². The van der Waals surface area contributed by atoms with E-state index in [1.165, 1.54) is 0 Å². The highest BCUT2D eigenvalue weighted by Crippen LogP contribution is 2.14. The molecule has 1 aliphatic heterocycles. The van der Waals surface area contributed by atoms with Crippen LogP contribution in [0.2, 0.25) is 0 Å². The van der Waals surface area contributed by atoms with Crippen molar-refractivity contribution in [2.75, 3.05) is 25.4 Å². The van der Waals surface area contributed by atoms with Gasteiger partial charge in [0.05, 0.1) is 24.1 Å². The molecule has 0 spiro atoms. The van der Waals surface area contributed by atoms with Crippen molar-refractivity contribution in [2.24, 2.45) is 0 Å². The maximum atomic E-state index is 5.88. The fraction of sp³-hybridized carbons (Fsp3) is 0.583. The number of hydrogen-bond donors (Lipinski definition) is 1. The number of rotatable bonds is 3. The Bertz CT molecular complexity index is 343. The molecule has 4 nitrogen and oxygen atoms in total. The first-order valence-electron chi connectivity index (χ1n) is 5.83. The predicted molar refractivity (Wildman–Crippen MR) is 64.0 cm³/mol. The topological polar surface area (TPSA) is 51.4 Å². The Kier molecular flexibility index (Phi) is 3.74. The Morgan fingerprint density at radius 3 is 3.25 bits per heavy atom. The van der Waals surface area contributed by atoms with Crippen molar-refractivity contribution in [3.05, 3.63) is 24.0 Å². The van der Waals surface area contributed by atoms with Crippen molar-refractivity contribution in [1.82, 2.24) is 9.88 Å². The maximum absolute atomic E-state index is 5.88. The monoisotopic (exact) mass is 221 g/mol. The summed E-state index contributed by atoms with van der Waals surface area (Å²) >= 11 is 0. The molecule has 1 unspecified atom stereocenters. The zero-order valence-electron chi connectivity index (χ0n) is 9.72. The minimum absolute atomic E-state index is 0.360. The molecule has 1 saturated heterocycles. The van der Waals surface area contributed by atoms with Crippen LogP contribution in [0.3, 0.4) is 0 Å². The third-order valence-electron chi connectivity index (χ3n) is 2.98. The minimum atomic E-state index is 0.360. The van der Waals surface area contributed by atoms with Crippen LogP contribution >= 0.6 is 0 Å². The molecule has 16 heavy (non-hydrogen) atoms. The van der Waals surface area contributed by atoms with Gasteiger partial charge in [-0.3, -0.25) is 9.88 Å². The summed E-state index contributed by atoms with van der Waals surface area (Å²) in [6.07, 6.45) is 3.22. The lowest BCUT2D eigenvalue weighted by atomic mass is 10.2. The SMILES string of the molecule is CCC1CN(Cc2ncccc2N)CCO1. The van der Waals surface area contributed by atoms with Gasteiger partial charge in [-0.25, -0.2) is 0 Å². The van der Waals surface area contributed by atoms with Gasteiger partial charge in [-0.2, -0.15) is 0 Å². The number of nitrogens with zero attached hydrogens (tertiary/aromatic N) is 2. The summed E-state index contributed by atoms with van der Waals surface area (Å²) in [4.78, 5) is 6.67. The second-order valence-corrected chi connectivity index (χ2v) is 4.18. The number of hydrogen-bond acceptors (Lipinski definition) is 4. The first-order valence-corrected chi connectivity index (χ1v) is 5.83. The lowest BCUT2D eigenvalue weighted by Gasteiger charge is -2.32. The van der Waals surface area contributed by atoms with Gasteiger partial charge in [0.1, 0.15) is 0 Å². The number of nitrogen functional groups attached to an aromatic ring is 1. The second-order valence-electron chi connectivity index (χ2n) is 4.18. The quantitative estimate of drug-likeness (QED) is 0.835. The number of aromatic nitrogens is 1. The van der Waals surface area contributed by atoms with Gasteiger partial charge in [0.2, 0.25) is 0 Å². The number of pyridine rings is 1. The lowest BCUT2D eigenvalue weighted by molar-refractivity contribution is -0.0327. The fourth-order valence-electron chi connectivity index (χ4n) is 1.97. The summed E-state index contributed by atoms with van der Waals surface area (Å²) in [5.74, 6) is 0. The van der Waals surface area contributed by atoms with Crippen molar-refractivity contribution in [3.8, 4) is 0 Å². The largest absolute Gasteiger partial charge is 0.397 e. The van der Waals surface area contributed by atoms with Crippen LogP contribution in [-0.2, 0) is 11.3 Å². The number of ether oxygens (including phenoxy) is 1. The van der Waals surface area contributed by atoms with Crippen LogP contribution in [0.15, 0.2) is 18.3 Å². The van der Waals surface area contributed by atoms with Gasteiger partial charge in [-0.1, -0.05) is 6.92 Å².